The van der Waals surface area contributed by atoms with E-state index in [9.17, 15) is 17.6 Å². The van der Waals surface area contributed by atoms with Gasteiger partial charge in [0, 0.05) is 42.7 Å². The van der Waals surface area contributed by atoms with Crippen LogP contribution >= 0.6 is 0 Å². The Morgan fingerprint density at radius 2 is 1.79 bits per heavy atom. The van der Waals surface area contributed by atoms with Gasteiger partial charge in [-0.15, -0.1) is 0 Å². The maximum absolute atomic E-state index is 14.0. The summed E-state index contributed by atoms with van der Waals surface area (Å²) in [5.41, 5.74) is 1.25. The van der Waals surface area contributed by atoms with E-state index in [1.54, 1.807) is 18.2 Å². The second-order valence-corrected chi connectivity index (χ2v) is 9.94. The standard InChI is InChI=1S/C21H23FN2O3S/c22-19-9-5-4-6-15(19)12-24-13-18-17(10-11-28(26,27)20(18)14-24)21(25)23-16-7-2-1-3-8-16/h1-9,17-18,20H,10-14H2,(H,23,25)/t17-,18+,20+/m1/s1. The fourth-order valence-electron chi connectivity index (χ4n) is 4.38. The molecule has 0 bridgehead atoms. The maximum Gasteiger partial charge on any atom is 0.227 e. The Morgan fingerprint density at radius 3 is 2.54 bits per heavy atom. The minimum absolute atomic E-state index is 0.0224. The molecule has 148 valence electrons. The van der Waals surface area contributed by atoms with Crippen LogP contribution in [0.5, 0.6) is 0 Å². The van der Waals surface area contributed by atoms with E-state index in [-0.39, 0.29) is 29.3 Å². The zero-order valence-corrected chi connectivity index (χ0v) is 16.2. The molecular formula is C21H23FN2O3S. The first kappa shape index (κ1) is 19.1. The van der Waals surface area contributed by atoms with E-state index < -0.39 is 15.1 Å². The first-order valence-electron chi connectivity index (χ1n) is 9.47. The zero-order chi connectivity index (χ0) is 19.7. The van der Waals surface area contributed by atoms with Gasteiger partial charge < -0.3 is 5.32 Å². The zero-order valence-electron chi connectivity index (χ0n) is 15.4. The number of nitrogens with zero attached hydrogens (tertiary/aromatic N) is 1. The predicted molar refractivity (Wildman–Crippen MR) is 106 cm³/mol. The molecule has 0 spiro atoms. The number of halogens is 1. The molecule has 0 aromatic heterocycles. The fourth-order valence-corrected chi connectivity index (χ4v) is 6.51. The Morgan fingerprint density at radius 1 is 1.07 bits per heavy atom. The van der Waals surface area contributed by atoms with Crippen molar-refractivity contribution in [1.82, 2.24) is 4.90 Å². The summed E-state index contributed by atoms with van der Waals surface area (Å²) in [5, 5.41) is 2.34. The summed E-state index contributed by atoms with van der Waals surface area (Å²) in [7, 11) is -3.25. The normalized spacial score (nSPS) is 26.5. The Bertz CT molecular complexity index is 965. The number of hydrogen-bond acceptors (Lipinski definition) is 4. The van der Waals surface area contributed by atoms with Crippen molar-refractivity contribution in [2.75, 3.05) is 24.2 Å². The van der Waals surface area contributed by atoms with Crippen LogP contribution in [0.4, 0.5) is 10.1 Å². The number of hydrogen-bond donors (Lipinski definition) is 1. The molecule has 2 aromatic carbocycles. The average Bonchev–Trinajstić information content (AvgIpc) is 3.09. The van der Waals surface area contributed by atoms with Crippen LogP contribution in [0.2, 0.25) is 0 Å². The molecule has 1 N–H and O–H groups in total. The average molecular weight is 402 g/mol. The third kappa shape index (κ3) is 3.82. The number of sulfone groups is 1. The number of benzene rings is 2. The van der Waals surface area contributed by atoms with Crippen LogP contribution in [-0.4, -0.2) is 43.3 Å². The number of anilines is 1. The third-order valence-corrected chi connectivity index (χ3v) is 8.03. The molecule has 4 rings (SSSR count). The third-order valence-electron chi connectivity index (χ3n) is 5.81. The van der Waals surface area contributed by atoms with Gasteiger partial charge in [-0.05, 0) is 24.6 Å². The second kappa shape index (κ2) is 7.64. The lowest BCUT2D eigenvalue weighted by Gasteiger charge is -2.31. The van der Waals surface area contributed by atoms with Gasteiger partial charge in [-0.3, -0.25) is 9.69 Å². The number of fused-ring (bicyclic) bond motifs is 1. The van der Waals surface area contributed by atoms with Crippen molar-refractivity contribution in [1.29, 1.82) is 0 Å². The highest BCUT2D eigenvalue weighted by Gasteiger charge is 2.50. The molecule has 2 aromatic rings. The molecule has 5 nitrogen and oxygen atoms in total. The van der Waals surface area contributed by atoms with Gasteiger partial charge in [0.2, 0.25) is 5.91 Å². The molecule has 0 saturated carbocycles. The van der Waals surface area contributed by atoms with Crippen molar-refractivity contribution in [2.24, 2.45) is 11.8 Å². The van der Waals surface area contributed by atoms with Gasteiger partial charge in [-0.2, -0.15) is 0 Å². The number of carbonyl (C=O) groups excluding carboxylic acids is 1. The van der Waals surface area contributed by atoms with E-state index >= 15 is 0 Å². The van der Waals surface area contributed by atoms with E-state index in [1.165, 1.54) is 6.07 Å². The van der Waals surface area contributed by atoms with Crippen LogP contribution < -0.4 is 5.32 Å². The quantitative estimate of drug-likeness (QED) is 0.854. The van der Waals surface area contributed by atoms with Crippen LogP contribution in [0.25, 0.3) is 0 Å². The van der Waals surface area contributed by atoms with Gasteiger partial charge in [0.25, 0.3) is 0 Å². The van der Waals surface area contributed by atoms with Gasteiger partial charge in [0.1, 0.15) is 5.82 Å². The molecule has 1 amide bonds. The monoisotopic (exact) mass is 402 g/mol. The van der Waals surface area contributed by atoms with Gasteiger partial charge in [0.15, 0.2) is 9.84 Å². The first-order valence-corrected chi connectivity index (χ1v) is 11.2. The number of rotatable bonds is 4. The molecule has 3 atom stereocenters. The van der Waals surface area contributed by atoms with Crippen LogP contribution in [0.1, 0.15) is 12.0 Å². The summed E-state index contributed by atoms with van der Waals surface area (Å²) in [6.45, 7) is 1.17. The van der Waals surface area contributed by atoms with Crippen molar-refractivity contribution in [3.8, 4) is 0 Å². The van der Waals surface area contributed by atoms with E-state index in [2.05, 4.69) is 5.32 Å². The van der Waals surface area contributed by atoms with Crippen LogP contribution in [-0.2, 0) is 21.2 Å². The van der Waals surface area contributed by atoms with Crippen molar-refractivity contribution < 1.29 is 17.6 Å². The van der Waals surface area contributed by atoms with Gasteiger partial charge in [-0.25, -0.2) is 12.8 Å². The molecular weight excluding hydrogens is 379 g/mol. The number of carbonyl (C=O) groups is 1. The highest BCUT2D eigenvalue weighted by Crippen LogP contribution is 2.38. The summed E-state index contributed by atoms with van der Waals surface area (Å²) in [6.07, 6.45) is 0.329. The number of amides is 1. The van der Waals surface area contributed by atoms with Crippen molar-refractivity contribution in [3.05, 3.63) is 66.0 Å². The summed E-state index contributed by atoms with van der Waals surface area (Å²) in [6, 6.07) is 15.7. The Labute approximate surface area is 164 Å². The second-order valence-electron chi connectivity index (χ2n) is 7.61. The van der Waals surface area contributed by atoms with E-state index in [0.717, 1.165) is 0 Å². The summed E-state index contributed by atoms with van der Waals surface area (Å²) in [5.74, 6) is -1.04. The first-order chi connectivity index (χ1) is 13.4. The van der Waals surface area contributed by atoms with Gasteiger partial charge >= 0.3 is 0 Å². The minimum atomic E-state index is -3.25. The molecule has 7 heteroatoms. The molecule has 2 aliphatic heterocycles. The van der Waals surface area contributed by atoms with Crippen LogP contribution in [0, 0.1) is 17.7 Å². The maximum atomic E-state index is 14.0. The highest BCUT2D eigenvalue weighted by atomic mass is 32.2. The minimum Gasteiger partial charge on any atom is -0.326 e. The number of likely N-dealkylation sites (tertiary alicyclic amines) is 1. The van der Waals surface area contributed by atoms with Gasteiger partial charge in [-0.1, -0.05) is 36.4 Å². The molecule has 28 heavy (non-hydrogen) atoms. The highest BCUT2D eigenvalue weighted by molar-refractivity contribution is 7.92. The van der Waals surface area contributed by atoms with Gasteiger partial charge in [0.05, 0.1) is 11.0 Å². The summed E-state index contributed by atoms with van der Waals surface area (Å²) >= 11 is 0. The molecule has 2 heterocycles. The van der Waals surface area contributed by atoms with Crippen molar-refractivity contribution in [2.45, 2.75) is 18.2 Å². The Balaban J connectivity index is 1.52. The Hall–Kier alpha value is -2.25. The van der Waals surface area contributed by atoms with E-state index in [0.29, 0.717) is 37.3 Å². The fraction of sp³-hybridized carbons (Fsp3) is 0.381. The lowest BCUT2D eigenvalue weighted by molar-refractivity contribution is -0.121. The molecule has 0 unspecified atom stereocenters. The summed E-state index contributed by atoms with van der Waals surface area (Å²) in [4.78, 5) is 14.8. The van der Waals surface area contributed by atoms with Crippen molar-refractivity contribution in [3.63, 3.8) is 0 Å². The lowest BCUT2D eigenvalue weighted by atomic mass is 9.87. The van der Waals surface area contributed by atoms with Crippen LogP contribution in [0.3, 0.4) is 0 Å². The Kier molecular flexibility index (Phi) is 5.21. The SMILES string of the molecule is O=C(Nc1ccccc1)[C@@H]1CCS(=O)(=O)[C@H]2CN(Cc3ccccc3F)C[C@@H]12. The smallest absolute Gasteiger partial charge is 0.227 e. The number of nitrogens with one attached hydrogen (secondary N) is 1. The lowest BCUT2D eigenvalue weighted by Crippen LogP contribution is -2.45. The van der Waals surface area contributed by atoms with Crippen molar-refractivity contribution >= 4 is 21.4 Å². The van der Waals surface area contributed by atoms with E-state index in [4.69, 9.17) is 0 Å². The number of para-hydroxylation sites is 1. The predicted octanol–water partition coefficient (Wildman–Crippen LogP) is 2.70. The largest absolute Gasteiger partial charge is 0.326 e. The summed E-state index contributed by atoms with van der Waals surface area (Å²) < 4.78 is 39.2. The van der Waals surface area contributed by atoms with E-state index in [1.807, 2.05) is 35.2 Å². The molecule has 0 aliphatic carbocycles. The van der Waals surface area contributed by atoms with Crippen LogP contribution in [0.15, 0.2) is 54.6 Å². The molecule has 2 aliphatic rings. The topological polar surface area (TPSA) is 66.5 Å². The molecule has 0 radical (unpaired) electrons. The molecule has 2 fully saturated rings. The molecule has 2 saturated heterocycles.